The summed E-state index contributed by atoms with van der Waals surface area (Å²) in [6.45, 7) is 5.52. The fourth-order valence-electron chi connectivity index (χ4n) is 2.49. The topological polar surface area (TPSA) is 74.0 Å². The highest BCUT2D eigenvalue weighted by Crippen LogP contribution is 2.36. The van der Waals surface area contributed by atoms with Gasteiger partial charge in [0, 0.05) is 17.8 Å². The fraction of sp³-hybridized carbons (Fsp3) is 0.231. The van der Waals surface area contributed by atoms with E-state index in [4.69, 9.17) is 0 Å². The first-order chi connectivity index (χ1) is 9.18. The monoisotopic (exact) mass is 256 g/mol. The summed E-state index contributed by atoms with van der Waals surface area (Å²) < 4.78 is 1.73. The molecule has 0 saturated heterocycles. The molecule has 0 bridgehead atoms. The summed E-state index contributed by atoms with van der Waals surface area (Å²) in [4.78, 5) is 19.1. The molecule has 96 valence electrons. The molecule has 2 aromatic rings. The third-order valence-electron chi connectivity index (χ3n) is 3.32. The third-order valence-corrected chi connectivity index (χ3v) is 3.32. The fourth-order valence-corrected chi connectivity index (χ4v) is 2.49. The lowest BCUT2D eigenvalue weighted by Gasteiger charge is -2.32. The van der Waals surface area contributed by atoms with E-state index in [-0.39, 0.29) is 17.7 Å². The number of hydrogen-bond donors (Lipinski definition) is 1. The molecular weight excluding hydrogens is 242 g/mol. The molecule has 2 aromatic heterocycles. The molecule has 1 aliphatic heterocycles. The van der Waals surface area contributed by atoms with E-state index in [1.54, 1.807) is 11.6 Å². The minimum Gasteiger partial charge on any atom is -0.328 e. The van der Waals surface area contributed by atoms with E-state index in [0.717, 1.165) is 5.56 Å². The number of hydrogen-bond acceptors (Lipinski definition) is 4. The quantitative estimate of drug-likeness (QED) is 0.863. The van der Waals surface area contributed by atoms with Crippen molar-refractivity contribution in [2.75, 3.05) is 5.32 Å². The van der Waals surface area contributed by atoms with E-state index >= 15 is 0 Å². The lowest BCUT2D eigenvalue weighted by atomic mass is 9.87. The molecule has 3 heterocycles. The van der Waals surface area contributed by atoms with Crippen LogP contribution in [0.15, 0.2) is 43.1 Å². The number of carbonyl (C=O) groups is 1. The molecule has 0 saturated carbocycles. The third kappa shape index (κ3) is 1.81. The van der Waals surface area contributed by atoms with Crippen molar-refractivity contribution in [3.05, 3.63) is 48.7 Å². The average molecular weight is 256 g/mol. The highest BCUT2D eigenvalue weighted by atomic mass is 16.1. The number of fused-ring (bicyclic) bond motifs is 1. The summed E-state index contributed by atoms with van der Waals surface area (Å²) in [6, 6.07) is 3.66. The van der Waals surface area contributed by atoms with Gasteiger partial charge in [-0.3, -0.25) is 4.79 Å². The summed E-state index contributed by atoms with van der Waals surface area (Å²) in [5.74, 6) is 0.313. The van der Waals surface area contributed by atoms with Gasteiger partial charge in [-0.25, -0.2) is 9.67 Å². The highest BCUT2D eigenvalue weighted by molar-refractivity contribution is 5.83. The number of allylic oxidation sites excluding steroid dienone is 1. The predicted molar refractivity (Wildman–Crippen MR) is 68.1 cm³/mol. The van der Waals surface area contributed by atoms with Gasteiger partial charge in [-0.2, -0.15) is 10.1 Å². The van der Waals surface area contributed by atoms with Crippen LogP contribution in [0, 0.1) is 5.92 Å². The van der Waals surface area contributed by atoms with Gasteiger partial charge in [-0.15, -0.1) is 0 Å². The molecule has 2 N–H and O–H groups in total. The minimum absolute atomic E-state index is 0.0523. The Balaban J connectivity index is 2.17. The van der Waals surface area contributed by atoms with Crippen LogP contribution in [0.1, 0.15) is 18.5 Å². The van der Waals surface area contributed by atoms with Crippen molar-refractivity contribution in [2.24, 2.45) is 5.92 Å². The van der Waals surface area contributed by atoms with Crippen LogP contribution in [0.3, 0.4) is 0 Å². The van der Waals surface area contributed by atoms with Gasteiger partial charge in [0.2, 0.25) is 5.95 Å². The Morgan fingerprint density at radius 3 is 2.89 bits per heavy atom. The number of aromatic nitrogens is 4. The number of nitrogens with zero attached hydrogens (tertiary/aromatic N) is 3. The number of carbonyl (C=O) groups excluding carboxylic acids is 1. The summed E-state index contributed by atoms with van der Waals surface area (Å²) >= 11 is 0. The number of anilines is 1. The Morgan fingerprint density at radius 2 is 2.21 bits per heavy atom. The second-order valence-corrected chi connectivity index (χ2v) is 4.54. The normalized spacial score (nSPS) is 21.6. The molecule has 0 spiro atoms. The number of Topliss-reactive ketones (excluding diaryl/α,β-unsaturated/α-hetero) is 1. The van der Waals surface area contributed by atoms with E-state index in [1.807, 2.05) is 24.5 Å². The van der Waals surface area contributed by atoms with E-state index in [0.29, 0.717) is 11.6 Å². The first kappa shape index (κ1) is 11.6. The minimum atomic E-state index is -0.350. The zero-order chi connectivity index (χ0) is 13.4. The molecule has 0 aromatic carbocycles. The Kier molecular flexibility index (Phi) is 2.63. The van der Waals surface area contributed by atoms with Crippen LogP contribution in [0.25, 0.3) is 0 Å². The van der Waals surface area contributed by atoms with E-state index in [9.17, 15) is 4.79 Å². The van der Waals surface area contributed by atoms with Crippen molar-refractivity contribution in [3.8, 4) is 0 Å². The Morgan fingerprint density at radius 1 is 1.47 bits per heavy atom. The first-order valence-corrected chi connectivity index (χ1v) is 6.00. The Hall–Kier alpha value is -2.50. The SMILES string of the molecule is C=C1Nc2ncnn2C(c2cc[nH+]cc2)C1C(C)=O. The molecule has 1 aliphatic rings. The van der Waals surface area contributed by atoms with Crippen LogP contribution < -0.4 is 10.3 Å². The predicted octanol–water partition coefficient (Wildman–Crippen LogP) is 0.826. The van der Waals surface area contributed by atoms with Crippen molar-refractivity contribution in [1.82, 2.24) is 14.8 Å². The van der Waals surface area contributed by atoms with Gasteiger partial charge >= 0.3 is 0 Å². The van der Waals surface area contributed by atoms with Crippen molar-refractivity contribution >= 4 is 11.7 Å². The number of rotatable bonds is 2. The lowest BCUT2D eigenvalue weighted by molar-refractivity contribution is -0.378. The first-order valence-electron chi connectivity index (χ1n) is 6.00. The van der Waals surface area contributed by atoms with Crippen LogP contribution in [-0.2, 0) is 4.79 Å². The molecule has 6 nitrogen and oxygen atoms in total. The number of nitrogens with one attached hydrogen (secondary N) is 2. The molecule has 6 heteroatoms. The van der Waals surface area contributed by atoms with Gasteiger partial charge < -0.3 is 5.32 Å². The average Bonchev–Trinajstić information content (AvgIpc) is 2.85. The maximum Gasteiger partial charge on any atom is 0.226 e. The van der Waals surface area contributed by atoms with E-state index in [2.05, 4.69) is 27.0 Å². The molecule has 19 heavy (non-hydrogen) atoms. The van der Waals surface area contributed by atoms with Gasteiger partial charge in [0.1, 0.15) is 12.1 Å². The highest BCUT2D eigenvalue weighted by Gasteiger charge is 2.37. The van der Waals surface area contributed by atoms with Crippen LogP contribution in [0.4, 0.5) is 5.95 Å². The van der Waals surface area contributed by atoms with Crippen LogP contribution in [0.5, 0.6) is 0 Å². The van der Waals surface area contributed by atoms with Crippen molar-refractivity contribution in [2.45, 2.75) is 13.0 Å². The summed E-state index contributed by atoms with van der Waals surface area (Å²) in [7, 11) is 0. The Labute approximate surface area is 110 Å². The van der Waals surface area contributed by atoms with E-state index < -0.39 is 0 Å². The number of aromatic amines is 1. The number of pyridine rings is 1. The summed E-state index contributed by atoms with van der Waals surface area (Å²) in [5, 5.41) is 7.26. The maximum atomic E-state index is 12.0. The molecule has 0 fully saturated rings. The standard InChI is InChI=1S/C13H13N5O/c1-8-11(9(2)19)12(10-3-5-14-6-4-10)18-13(17-8)15-7-16-18/h3-7,11-12H,1H2,2H3,(H,15,16,17)/p+1. The summed E-state index contributed by atoms with van der Waals surface area (Å²) in [5.41, 5.74) is 1.65. The maximum absolute atomic E-state index is 12.0. The van der Waals surface area contributed by atoms with E-state index in [1.165, 1.54) is 6.33 Å². The van der Waals surface area contributed by atoms with Gasteiger partial charge in [0.15, 0.2) is 12.4 Å². The smallest absolute Gasteiger partial charge is 0.226 e. The van der Waals surface area contributed by atoms with Crippen LogP contribution in [0.2, 0.25) is 0 Å². The summed E-state index contributed by atoms with van der Waals surface area (Å²) in [6.07, 6.45) is 5.13. The molecular formula is C13H14N5O+. The molecule has 0 radical (unpaired) electrons. The molecule has 2 unspecified atom stereocenters. The van der Waals surface area contributed by atoms with Crippen LogP contribution >= 0.6 is 0 Å². The zero-order valence-electron chi connectivity index (χ0n) is 10.5. The molecule has 2 atom stereocenters. The lowest BCUT2D eigenvalue weighted by Crippen LogP contribution is -2.36. The number of H-pyrrole nitrogens is 1. The van der Waals surface area contributed by atoms with Crippen LogP contribution in [-0.4, -0.2) is 20.5 Å². The second kappa shape index (κ2) is 4.31. The largest absolute Gasteiger partial charge is 0.328 e. The molecule has 0 aliphatic carbocycles. The Bertz CT molecular complexity index is 633. The second-order valence-electron chi connectivity index (χ2n) is 4.54. The molecule has 3 rings (SSSR count). The number of ketones is 1. The van der Waals surface area contributed by atoms with Gasteiger partial charge in [-0.05, 0) is 12.5 Å². The van der Waals surface area contributed by atoms with Gasteiger partial charge in [0.05, 0.1) is 12.0 Å². The van der Waals surface area contributed by atoms with Crippen molar-refractivity contribution in [1.29, 1.82) is 0 Å². The van der Waals surface area contributed by atoms with Gasteiger partial charge in [0.25, 0.3) is 0 Å². The van der Waals surface area contributed by atoms with Crippen molar-refractivity contribution < 1.29 is 9.78 Å². The van der Waals surface area contributed by atoms with Gasteiger partial charge in [-0.1, -0.05) is 6.58 Å². The molecule has 0 amide bonds. The zero-order valence-corrected chi connectivity index (χ0v) is 10.5. The van der Waals surface area contributed by atoms with Crippen molar-refractivity contribution in [3.63, 3.8) is 0 Å².